The van der Waals surface area contributed by atoms with Crippen LogP contribution in [0.4, 0.5) is 17.1 Å². The number of methoxy groups -OCH3 is 3. The van der Waals surface area contributed by atoms with Gasteiger partial charge in [0.2, 0.25) is 6.79 Å². The number of hydrogen-bond acceptors (Lipinski definition) is 11. The van der Waals surface area contributed by atoms with E-state index in [1.807, 2.05) is 49.4 Å². The highest BCUT2D eigenvalue weighted by molar-refractivity contribution is 6.02. The van der Waals surface area contributed by atoms with E-state index in [1.165, 1.54) is 20.3 Å². The highest BCUT2D eigenvalue weighted by atomic mass is 16.8. The van der Waals surface area contributed by atoms with Gasteiger partial charge in [0.1, 0.15) is 11.9 Å². The van der Waals surface area contributed by atoms with Crippen molar-refractivity contribution in [2.75, 3.05) is 38.5 Å². The van der Waals surface area contributed by atoms with Crippen LogP contribution in [-0.2, 0) is 4.84 Å². The molecule has 0 spiro atoms. The molecule has 5 aromatic rings. The van der Waals surface area contributed by atoms with Crippen LogP contribution in [0.3, 0.4) is 0 Å². The summed E-state index contributed by atoms with van der Waals surface area (Å²) in [5.41, 5.74) is 15.3. The van der Waals surface area contributed by atoms with Gasteiger partial charge in [-0.2, -0.15) is 0 Å². The average molecular weight is 676 g/mol. The van der Waals surface area contributed by atoms with Gasteiger partial charge >= 0.3 is 0 Å². The normalized spacial score (nSPS) is 14.0. The SMILES string of the molecule is COc1cc(C2NC(=O)c3cc(C)ccc3N2)ccc1OCON1c2ccc(-c3cc(-c4cc(OC)c(OC)c(C(=O)N=[N+]=[N-])c4)no3)cc21. The van der Waals surface area contributed by atoms with Gasteiger partial charge in [0.05, 0.1) is 43.8 Å². The number of ether oxygens (including phenoxy) is 4. The maximum absolute atomic E-state index is 12.7. The summed E-state index contributed by atoms with van der Waals surface area (Å²) in [5.74, 6) is 0.828. The Labute approximate surface area is 284 Å². The second-order valence-corrected chi connectivity index (χ2v) is 11.2. The molecule has 2 N–H and O–H groups in total. The van der Waals surface area contributed by atoms with Crippen LogP contribution in [0.25, 0.3) is 33.0 Å². The highest BCUT2D eigenvalue weighted by Crippen LogP contribution is 2.50. The van der Waals surface area contributed by atoms with E-state index in [1.54, 1.807) is 36.4 Å². The van der Waals surface area contributed by atoms with Crippen LogP contribution < -0.4 is 34.6 Å². The molecule has 4 aromatic carbocycles. The number of nitrogens with zero attached hydrogens (tertiary/aromatic N) is 5. The third-order valence-electron chi connectivity index (χ3n) is 8.21. The van der Waals surface area contributed by atoms with Crippen molar-refractivity contribution in [3.05, 3.63) is 105 Å². The smallest absolute Gasteiger partial charge is 0.255 e. The Morgan fingerprint density at radius 2 is 1.76 bits per heavy atom. The predicted octanol–water partition coefficient (Wildman–Crippen LogP) is 7.07. The van der Waals surface area contributed by atoms with Crippen molar-refractivity contribution in [2.24, 2.45) is 5.11 Å². The van der Waals surface area contributed by atoms with E-state index >= 15 is 0 Å². The summed E-state index contributed by atoms with van der Waals surface area (Å²) in [5, 5.41) is 15.3. The van der Waals surface area contributed by atoms with Crippen molar-refractivity contribution in [2.45, 2.75) is 13.1 Å². The van der Waals surface area contributed by atoms with Crippen LogP contribution in [0, 0.1) is 6.92 Å². The fourth-order valence-electron chi connectivity index (χ4n) is 5.69. The standard InChI is InChI=1S/C35H29N7O8/c1-18-5-8-24-22(11-18)34(43)38-33(37-24)20-7-10-28(30(14-20)45-2)48-17-49-42-26-9-6-19(13-27(26)42)29-16-25(40-50-29)21-12-23(35(44)39-41-36)32(47-4)31(15-21)46-3/h5-16,33,37H,17H2,1-4H3,(H,38,43). The zero-order valence-corrected chi connectivity index (χ0v) is 27.2. The quantitative estimate of drug-likeness (QED) is 0.0480. The van der Waals surface area contributed by atoms with Gasteiger partial charge in [-0.25, -0.2) is 9.90 Å². The van der Waals surface area contributed by atoms with Crippen molar-refractivity contribution in [3.8, 4) is 45.6 Å². The van der Waals surface area contributed by atoms with Crippen LogP contribution >= 0.6 is 0 Å². The molecule has 2 amide bonds. The molecule has 15 heteroatoms. The van der Waals surface area contributed by atoms with Crippen LogP contribution in [-0.4, -0.2) is 45.1 Å². The summed E-state index contributed by atoms with van der Waals surface area (Å²) >= 11 is 0. The van der Waals surface area contributed by atoms with Gasteiger partial charge in [-0.05, 0) is 77.7 Å². The summed E-state index contributed by atoms with van der Waals surface area (Å²) in [6.45, 7) is 1.84. The van der Waals surface area contributed by atoms with E-state index in [2.05, 4.69) is 25.8 Å². The minimum atomic E-state index is -0.827. The van der Waals surface area contributed by atoms with Crippen LogP contribution in [0.1, 0.15) is 38.0 Å². The predicted molar refractivity (Wildman–Crippen MR) is 181 cm³/mol. The average Bonchev–Trinajstić information content (AvgIpc) is 3.58. The molecule has 15 nitrogen and oxygen atoms in total. The molecule has 0 fully saturated rings. The number of anilines is 3. The molecule has 7 rings (SSSR count). The molecule has 252 valence electrons. The van der Waals surface area contributed by atoms with Gasteiger partial charge in [0.15, 0.2) is 28.8 Å². The number of fused-ring (bicyclic) bond motifs is 2. The first-order valence-electron chi connectivity index (χ1n) is 15.2. The van der Waals surface area contributed by atoms with Gasteiger partial charge in [0, 0.05) is 27.8 Å². The van der Waals surface area contributed by atoms with Crippen LogP contribution in [0.5, 0.6) is 23.0 Å². The summed E-state index contributed by atoms with van der Waals surface area (Å²) < 4.78 is 27.8. The Morgan fingerprint density at radius 3 is 2.54 bits per heavy atom. The van der Waals surface area contributed by atoms with Gasteiger partial charge in [0.25, 0.3) is 11.8 Å². The Bertz CT molecular complexity index is 2210. The van der Waals surface area contributed by atoms with Crippen molar-refractivity contribution < 1.29 is 37.9 Å². The lowest BCUT2D eigenvalue weighted by Crippen LogP contribution is -2.38. The van der Waals surface area contributed by atoms with Gasteiger partial charge in [-0.1, -0.05) is 22.9 Å². The fourth-order valence-corrected chi connectivity index (χ4v) is 5.69. The molecule has 2 aliphatic heterocycles. The number of azide groups is 1. The molecule has 0 radical (unpaired) electrons. The first-order chi connectivity index (χ1) is 24.3. The van der Waals surface area contributed by atoms with E-state index in [0.29, 0.717) is 34.1 Å². The molecule has 0 bridgehead atoms. The monoisotopic (exact) mass is 675 g/mol. The Hall–Kier alpha value is -6.70. The first kappa shape index (κ1) is 31.9. The third kappa shape index (κ3) is 5.94. The molecule has 1 unspecified atom stereocenters. The minimum Gasteiger partial charge on any atom is -0.493 e. The second-order valence-electron chi connectivity index (χ2n) is 11.2. The second kappa shape index (κ2) is 13.1. The Kier molecular flexibility index (Phi) is 8.33. The number of carbonyl (C=O) groups excluding carboxylic acids is 2. The third-order valence-corrected chi connectivity index (χ3v) is 8.21. The summed E-state index contributed by atoms with van der Waals surface area (Å²) in [6, 6.07) is 21.6. The topological polar surface area (TPSA) is 182 Å². The zero-order valence-electron chi connectivity index (χ0n) is 27.2. The molecular formula is C35H29N7O8. The summed E-state index contributed by atoms with van der Waals surface area (Å²) in [6.07, 6.45) is -0.441. The molecule has 0 aliphatic carbocycles. The lowest BCUT2D eigenvalue weighted by molar-refractivity contribution is 0.0240. The number of rotatable bonds is 11. The molecule has 0 saturated carbocycles. The first-order valence-corrected chi connectivity index (χ1v) is 15.2. The highest BCUT2D eigenvalue weighted by Gasteiger charge is 2.32. The molecule has 1 aromatic heterocycles. The molecule has 2 aliphatic rings. The van der Waals surface area contributed by atoms with Crippen molar-refractivity contribution in [3.63, 3.8) is 0 Å². The van der Waals surface area contributed by atoms with Gasteiger partial charge < -0.3 is 34.1 Å². The molecule has 50 heavy (non-hydrogen) atoms. The van der Waals surface area contributed by atoms with Crippen LogP contribution in [0.15, 0.2) is 82.4 Å². The number of carbonyl (C=O) groups is 2. The van der Waals surface area contributed by atoms with E-state index in [0.717, 1.165) is 33.8 Å². The number of aryl methyl sites for hydroxylation is 1. The maximum atomic E-state index is 12.7. The summed E-state index contributed by atoms with van der Waals surface area (Å²) in [7, 11) is 4.35. The zero-order chi connectivity index (χ0) is 34.9. The summed E-state index contributed by atoms with van der Waals surface area (Å²) in [4.78, 5) is 33.6. The number of benzene rings is 4. The largest absolute Gasteiger partial charge is 0.493 e. The molecule has 3 heterocycles. The Morgan fingerprint density at radius 1 is 0.920 bits per heavy atom. The number of amides is 2. The minimum absolute atomic E-state index is 0.0215. The molecule has 1 atom stereocenters. The number of hydrogen-bond donors (Lipinski definition) is 2. The van der Waals surface area contributed by atoms with Gasteiger partial charge in [-0.15, -0.1) is 0 Å². The maximum Gasteiger partial charge on any atom is 0.255 e. The van der Waals surface area contributed by atoms with Gasteiger partial charge in [-0.3, -0.25) is 9.59 Å². The number of aromatic nitrogens is 1. The lowest BCUT2D eigenvalue weighted by Gasteiger charge is -2.28. The van der Waals surface area contributed by atoms with Crippen molar-refractivity contribution >= 4 is 28.9 Å². The lowest BCUT2D eigenvalue weighted by atomic mass is 10.0. The van der Waals surface area contributed by atoms with E-state index in [4.69, 9.17) is 33.8 Å². The van der Waals surface area contributed by atoms with Crippen molar-refractivity contribution in [1.82, 2.24) is 10.5 Å². The molecular weight excluding hydrogens is 646 g/mol. The number of nitrogens with one attached hydrogen (secondary N) is 2. The van der Waals surface area contributed by atoms with E-state index < -0.39 is 12.1 Å². The van der Waals surface area contributed by atoms with Crippen molar-refractivity contribution in [1.29, 1.82) is 0 Å². The fraction of sp³-hybridized carbons (Fsp3) is 0.171. The Balaban J connectivity index is 1.00. The van der Waals surface area contributed by atoms with Crippen LogP contribution in [0.2, 0.25) is 0 Å². The van der Waals surface area contributed by atoms with E-state index in [9.17, 15) is 9.59 Å². The molecule has 0 saturated heterocycles. The van der Waals surface area contributed by atoms with E-state index in [-0.39, 0.29) is 29.8 Å².